The summed E-state index contributed by atoms with van der Waals surface area (Å²) >= 11 is 0. The Balaban J connectivity index is 1.86. The van der Waals surface area contributed by atoms with Crippen molar-refractivity contribution < 1.29 is 4.79 Å². The molecule has 2 nitrogen and oxygen atoms in total. The van der Waals surface area contributed by atoms with Gasteiger partial charge in [-0.3, -0.25) is 4.79 Å². The first-order valence-corrected chi connectivity index (χ1v) is 7.41. The van der Waals surface area contributed by atoms with Gasteiger partial charge in [-0.05, 0) is 38.3 Å². The van der Waals surface area contributed by atoms with Crippen LogP contribution in [-0.4, -0.2) is 11.8 Å². The maximum atomic E-state index is 11.5. The fourth-order valence-electron chi connectivity index (χ4n) is 2.89. The van der Waals surface area contributed by atoms with E-state index < -0.39 is 0 Å². The average molecular weight is 277 g/mol. The molecule has 0 spiro atoms. The molecule has 1 N–H and O–H groups in total. The lowest BCUT2D eigenvalue weighted by Crippen LogP contribution is -2.26. The van der Waals surface area contributed by atoms with Crippen LogP contribution in [0.25, 0.3) is 0 Å². The Morgan fingerprint density at radius 1 is 1.33 bits per heavy atom. The zero-order chi connectivity index (χ0) is 14.8. The number of ketones is 1. The molecule has 0 bridgehead atoms. The van der Waals surface area contributed by atoms with E-state index in [-0.39, 0.29) is 5.78 Å². The summed E-state index contributed by atoms with van der Waals surface area (Å²) in [4.78, 5) is 11.5. The van der Waals surface area contributed by atoms with Gasteiger partial charge in [0.05, 0.1) is 6.04 Å². The third-order valence-electron chi connectivity index (χ3n) is 4.24. The largest absolute Gasteiger partial charge is 0.383 e. The molecule has 2 unspecified atom stereocenters. The molecule has 0 radical (unpaired) electrons. The lowest BCUT2D eigenvalue weighted by molar-refractivity contribution is 0.101. The summed E-state index contributed by atoms with van der Waals surface area (Å²) in [5, 5.41) is 3.38. The van der Waals surface area contributed by atoms with Crippen LogP contribution >= 0.6 is 0 Å². The molecule has 3 rings (SSSR count). The van der Waals surface area contributed by atoms with E-state index in [0.717, 1.165) is 29.5 Å². The van der Waals surface area contributed by atoms with Crippen molar-refractivity contribution in [3.63, 3.8) is 0 Å². The van der Waals surface area contributed by atoms with E-state index in [1.54, 1.807) is 6.92 Å². The van der Waals surface area contributed by atoms with Gasteiger partial charge in [-0.25, -0.2) is 0 Å². The molecule has 21 heavy (non-hydrogen) atoms. The number of allylic oxidation sites excluding steroid dienone is 1. The van der Waals surface area contributed by atoms with Gasteiger partial charge in [0.2, 0.25) is 0 Å². The fraction of sp³-hybridized carbons (Fsp3) is 0.316. The zero-order valence-corrected chi connectivity index (χ0v) is 12.4. The van der Waals surface area contributed by atoms with Crippen LogP contribution in [0.3, 0.4) is 0 Å². The Bertz CT molecular complexity index is 700. The van der Waals surface area contributed by atoms with E-state index in [1.165, 1.54) is 5.57 Å². The number of carbonyl (C=O) groups is 1. The molecule has 1 aliphatic heterocycles. The van der Waals surface area contributed by atoms with Crippen LogP contribution in [-0.2, 0) is 0 Å². The third-order valence-corrected chi connectivity index (χ3v) is 4.24. The molecule has 0 saturated heterocycles. The van der Waals surface area contributed by atoms with Gasteiger partial charge in [-0.2, -0.15) is 0 Å². The van der Waals surface area contributed by atoms with Crippen LogP contribution in [0.2, 0.25) is 0 Å². The second-order valence-corrected chi connectivity index (χ2v) is 5.74. The smallest absolute Gasteiger partial charge is 0.159 e. The second-order valence-electron chi connectivity index (χ2n) is 5.74. The van der Waals surface area contributed by atoms with Crippen molar-refractivity contribution in [3.05, 3.63) is 58.8 Å². The van der Waals surface area contributed by atoms with Gasteiger partial charge in [0.25, 0.3) is 0 Å². The quantitative estimate of drug-likeness (QED) is 0.484. The zero-order valence-electron chi connectivity index (χ0n) is 12.4. The van der Waals surface area contributed by atoms with E-state index in [9.17, 15) is 4.79 Å². The lowest BCUT2D eigenvalue weighted by atomic mass is 9.86. The molecule has 2 atom stereocenters. The standard InChI is InChI=1S/C19H19NO/c1-13-7-8-16(14(2)21)11-15(13)9-10-17-12-20-19-6-4-3-5-18(17)19/h4,6-8,11-12,18-20H,3,5H2,1-2H3. The summed E-state index contributed by atoms with van der Waals surface area (Å²) in [6.45, 7) is 3.62. The van der Waals surface area contributed by atoms with E-state index in [4.69, 9.17) is 0 Å². The molecule has 1 heterocycles. The summed E-state index contributed by atoms with van der Waals surface area (Å²) in [5.74, 6) is 7.14. The molecule has 0 aromatic heterocycles. The predicted molar refractivity (Wildman–Crippen MR) is 84.9 cm³/mol. The third kappa shape index (κ3) is 2.78. The van der Waals surface area contributed by atoms with Gasteiger partial charge < -0.3 is 5.32 Å². The van der Waals surface area contributed by atoms with Crippen molar-refractivity contribution in [1.82, 2.24) is 5.32 Å². The highest BCUT2D eigenvalue weighted by atomic mass is 16.1. The average Bonchev–Trinajstić information content (AvgIpc) is 2.89. The number of carbonyl (C=O) groups excluding carboxylic acids is 1. The summed E-state index contributed by atoms with van der Waals surface area (Å²) in [7, 11) is 0. The number of fused-ring (bicyclic) bond motifs is 1. The summed E-state index contributed by atoms with van der Waals surface area (Å²) in [5.41, 5.74) is 3.96. The first-order chi connectivity index (χ1) is 10.1. The molecule has 0 fully saturated rings. The fourth-order valence-corrected chi connectivity index (χ4v) is 2.89. The Kier molecular flexibility index (Phi) is 3.66. The number of rotatable bonds is 1. The van der Waals surface area contributed by atoms with Gasteiger partial charge in [0.15, 0.2) is 5.78 Å². The predicted octanol–water partition coefficient (Wildman–Crippen LogP) is 3.37. The number of nitrogens with one attached hydrogen (secondary N) is 1. The van der Waals surface area contributed by atoms with Gasteiger partial charge in [-0.1, -0.05) is 36.1 Å². The molecule has 1 aliphatic carbocycles. The van der Waals surface area contributed by atoms with Crippen LogP contribution in [0.15, 0.2) is 42.1 Å². The monoisotopic (exact) mass is 277 g/mol. The van der Waals surface area contributed by atoms with Crippen LogP contribution in [0.4, 0.5) is 0 Å². The van der Waals surface area contributed by atoms with E-state index in [2.05, 4.69) is 29.3 Å². The highest BCUT2D eigenvalue weighted by Gasteiger charge is 2.28. The van der Waals surface area contributed by atoms with Crippen LogP contribution < -0.4 is 5.32 Å². The minimum absolute atomic E-state index is 0.0808. The summed E-state index contributed by atoms with van der Waals surface area (Å²) < 4.78 is 0. The summed E-state index contributed by atoms with van der Waals surface area (Å²) in [6.07, 6.45) is 8.80. The van der Waals surface area contributed by atoms with Crippen LogP contribution in [0.1, 0.15) is 41.3 Å². The Morgan fingerprint density at radius 3 is 3.00 bits per heavy atom. The molecule has 2 aliphatic rings. The van der Waals surface area contributed by atoms with Gasteiger partial charge >= 0.3 is 0 Å². The molecule has 0 saturated carbocycles. The minimum Gasteiger partial charge on any atom is -0.383 e. The Hall–Kier alpha value is -2.27. The van der Waals surface area contributed by atoms with Crippen molar-refractivity contribution in [2.45, 2.75) is 32.7 Å². The highest BCUT2D eigenvalue weighted by Crippen LogP contribution is 2.29. The molecule has 106 valence electrons. The van der Waals surface area contributed by atoms with Crippen molar-refractivity contribution in [1.29, 1.82) is 0 Å². The van der Waals surface area contributed by atoms with Crippen molar-refractivity contribution >= 4 is 5.78 Å². The summed E-state index contributed by atoms with van der Waals surface area (Å²) in [6, 6.07) is 6.13. The first kappa shape index (κ1) is 13.7. The topological polar surface area (TPSA) is 29.1 Å². The maximum absolute atomic E-state index is 11.5. The van der Waals surface area contributed by atoms with E-state index in [0.29, 0.717) is 12.0 Å². The SMILES string of the molecule is CC(=O)c1ccc(C)c(C#CC2=CNC3C=CCCC23)c1. The highest BCUT2D eigenvalue weighted by molar-refractivity contribution is 5.94. The van der Waals surface area contributed by atoms with Crippen molar-refractivity contribution in [2.75, 3.05) is 0 Å². The molecular weight excluding hydrogens is 258 g/mol. The van der Waals surface area contributed by atoms with Gasteiger partial charge in [-0.15, -0.1) is 0 Å². The molecular formula is C19H19NO. The normalized spacial score (nSPS) is 22.7. The molecule has 0 amide bonds. The van der Waals surface area contributed by atoms with Crippen molar-refractivity contribution in [2.24, 2.45) is 5.92 Å². The lowest BCUT2D eigenvalue weighted by Gasteiger charge is -2.20. The van der Waals surface area contributed by atoms with Crippen molar-refractivity contribution in [3.8, 4) is 11.8 Å². The van der Waals surface area contributed by atoms with Gasteiger partial charge in [0, 0.05) is 28.8 Å². The second kappa shape index (κ2) is 5.61. The number of benzene rings is 1. The maximum Gasteiger partial charge on any atom is 0.159 e. The number of Topliss-reactive ketones (excluding diaryl/α,β-unsaturated/α-hetero) is 1. The Labute approximate surface area is 125 Å². The molecule has 1 aromatic rings. The van der Waals surface area contributed by atoms with Crippen LogP contribution in [0.5, 0.6) is 0 Å². The van der Waals surface area contributed by atoms with Gasteiger partial charge in [0.1, 0.15) is 0 Å². The van der Waals surface area contributed by atoms with Crippen LogP contribution in [0, 0.1) is 24.7 Å². The molecule has 2 heteroatoms. The number of hydrogen-bond donors (Lipinski definition) is 1. The molecule has 1 aromatic carbocycles. The number of aryl methyl sites for hydroxylation is 1. The number of hydrogen-bond acceptors (Lipinski definition) is 2. The van der Waals surface area contributed by atoms with E-state index >= 15 is 0 Å². The van der Waals surface area contributed by atoms with E-state index in [1.807, 2.05) is 31.3 Å². The Morgan fingerprint density at radius 2 is 2.19 bits per heavy atom. The minimum atomic E-state index is 0.0808. The first-order valence-electron chi connectivity index (χ1n) is 7.41.